The normalized spacial score (nSPS) is 24.6. The summed E-state index contributed by atoms with van der Waals surface area (Å²) in [5.74, 6) is 0.800. The molecule has 0 aromatic carbocycles. The number of rotatable bonds is 4. The highest BCUT2D eigenvalue weighted by molar-refractivity contribution is 7.09. The van der Waals surface area contributed by atoms with E-state index in [2.05, 4.69) is 39.6 Å². The van der Waals surface area contributed by atoms with E-state index < -0.39 is 0 Å². The first-order valence-corrected chi connectivity index (χ1v) is 11.6. The molecule has 0 unspecified atom stereocenters. The third-order valence-corrected chi connectivity index (χ3v) is 7.23. The van der Waals surface area contributed by atoms with Gasteiger partial charge in [0, 0.05) is 23.9 Å². The molecular formula is C22H27N5O2S. The quantitative estimate of drug-likeness (QED) is 0.630. The van der Waals surface area contributed by atoms with Crippen molar-refractivity contribution in [3.63, 3.8) is 0 Å². The SMILES string of the molecule is Cc1nc([C@@H]2CCON2C(=O)C2CCC(Cc3cc(C)c4ncnn4c3)CC2)cs1. The van der Waals surface area contributed by atoms with Crippen molar-refractivity contribution in [2.24, 2.45) is 11.8 Å². The van der Waals surface area contributed by atoms with E-state index in [1.807, 2.05) is 11.4 Å². The molecular weight excluding hydrogens is 398 g/mol. The van der Waals surface area contributed by atoms with Gasteiger partial charge in [-0.1, -0.05) is 6.07 Å². The third-order valence-electron chi connectivity index (χ3n) is 6.44. The largest absolute Gasteiger partial charge is 0.272 e. The first-order valence-electron chi connectivity index (χ1n) is 10.8. The number of hydrogen-bond acceptors (Lipinski definition) is 6. The van der Waals surface area contributed by atoms with Crippen molar-refractivity contribution in [2.75, 3.05) is 6.61 Å². The molecule has 2 aliphatic rings. The van der Waals surface area contributed by atoms with Crippen LogP contribution in [-0.4, -0.2) is 37.2 Å². The second-order valence-corrected chi connectivity index (χ2v) is 9.64. The number of thiazole rings is 1. The summed E-state index contributed by atoms with van der Waals surface area (Å²) >= 11 is 1.63. The molecule has 0 bridgehead atoms. The van der Waals surface area contributed by atoms with Crippen LogP contribution < -0.4 is 0 Å². The van der Waals surface area contributed by atoms with E-state index >= 15 is 0 Å². The summed E-state index contributed by atoms with van der Waals surface area (Å²) in [7, 11) is 0. The van der Waals surface area contributed by atoms with Crippen LogP contribution in [0, 0.1) is 25.7 Å². The van der Waals surface area contributed by atoms with Gasteiger partial charge in [-0.25, -0.2) is 19.5 Å². The standard InChI is InChI=1S/C22H27N5O2S/c1-14-9-17(11-26-21(14)23-13-24-26)10-16-3-5-18(6-4-16)22(28)27-20(7-8-29-27)19-12-30-15(2)25-19/h9,11-13,16,18,20H,3-8,10H2,1-2H3/t16?,18?,20-/m0/s1. The predicted octanol–water partition coefficient (Wildman–Crippen LogP) is 4.06. The van der Waals surface area contributed by atoms with Crippen LogP contribution in [0.15, 0.2) is 24.0 Å². The zero-order valence-corrected chi connectivity index (χ0v) is 18.3. The van der Waals surface area contributed by atoms with Gasteiger partial charge in [0.2, 0.25) is 5.91 Å². The molecule has 158 valence electrons. The van der Waals surface area contributed by atoms with E-state index in [4.69, 9.17) is 4.84 Å². The van der Waals surface area contributed by atoms with Crippen molar-refractivity contribution in [3.05, 3.63) is 45.8 Å². The highest BCUT2D eigenvalue weighted by atomic mass is 32.1. The number of carbonyl (C=O) groups is 1. The number of hydroxylamine groups is 2. The summed E-state index contributed by atoms with van der Waals surface area (Å²) < 4.78 is 1.87. The lowest BCUT2D eigenvalue weighted by Gasteiger charge is -2.31. The van der Waals surface area contributed by atoms with Crippen LogP contribution in [0.5, 0.6) is 0 Å². The van der Waals surface area contributed by atoms with Gasteiger partial charge in [-0.3, -0.25) is 9.63 Å². The molecule has 1 aliphatic heterocycles. The summed E-state index contributed by atoms with van der Waals surface area (Å²) in [5, 5.41) is 9.00. The van der Waals surface area contributed by atoms with E-state index in [1.165, 1.54) is 5.56 Å². The Balaban J connectivity index is 1.20. The number of carbonyl (C=O) groups excluding carboxylic acids is 1. The minimum atomic E-state index is -0.0300. The molecule has 1 saturated carbocycles. The molecule has 4 heterocycles. The fourth-order valence-corrected chi connectivity index (χ4v) is 5.55. The van der Waals surface area contributed by atoms with Crippen LogP contribution in [0.25, 0.3) is 5.65 Å². The Labute approximate surface area is 180 Å². The van der Waals surface area contributed by atoms with Crippen LogP contribution in [0.4, 0.5) is 0 Å². The van der Waals surface area contributed by atoms with E-state index in [0.717, 1.165) is 60.4 Å². The zero-order valence-electron chi connectivity index (χ0n) is 17.5. The lowest BCUT2D eigenvalue weighted by atomic mass is 9.79. The van der Waals surface area contributed by atoms with Crippen molar-refractivity contribution in [3.8, 4) is 0 Å². The van der Waals surface area contributed by atoms with Gasteiger partial charge in [-0.2, -0.15) is 5.10 Å². The minimum absolute atomic E-state index is 0.0300. The van der Waals surface area contributed by atoms with Gasteiger partial charge in [0.1, 0.15) is 12.4 Å². The monoisotopic (exact) mass is 425 g/mol. The molecule has 1 amide bonds. The molecule has 8 heteroatoms. The van der Waals surface area contributed by atoms with Gasteiger partial charge in [0.05, 0.1) is 17.3 Å². The van der Waals surface area contributed by atoms with E-state index in [1.54, 1.807) is 22.7 Å². The van der Waals surface area contributed by atoms with Crippen LogP contribution in [-0.2, 0) is 16.1 Å². The second-order valence-electron chi connectivity index (χ2n) is 8.57. The second kappa shape index (κ2) is 8.07. The number of fused-ring (bicyclic) bond motifs is 1. The molecule has 1 saturated heterocycles. The van der Waals surface area contributed by atoms with Crippen LogP contribution in [0.2, 0.25) is 0 Å². The Bertz CT molecular complexity index is 1050. The maximum Gasteiger partial charge on any atom is 0.249 e. The molecule has 3 aromatic rings. The van der Waals surface area contributed by atoms with Gasteiger partial charge in [0.25, 0.3) is 0 Å². The number of nitrogens with zero attached hydrogens (tertiary/aromatic N) is 5. The van der Waals surface area contributed by atoms with Crippen LogP contribution in [0.3, 0.4) is 0 Å². The molecule has 5 rings (SSSR count). The lowest BCUT2D eigenvalue weighted by molar-refractivity contribution is -0.183. The fourth-order valence-electron chi connectivity index (χ4n) is 4.89. The first kappa shape index (κ1) is 19.6. The Kier molecular flexibility index (Phi) is 5.28. The highest BCUT2D eigenvalue weighted by Gasteiger charge is 2.38. The predicted molar refractivity (Wildman–Crippen MR) is 114 cm³/mol. The summed E-state index contributed by atoms with van der Waals surface area (Å²) in [6, 6.07) is 2.19. The number of hydrogen-bond donors (Lipinski definition) is 0. The Hall–Kier alpha value is -2.32. The van der Waals surface area contributed by atoms with E-state index in [9.17, 15) is 4.79 Å². The van der Waals surface area contributed by atoms with Crippen molar-refractivity contribution in [2.45, 2.75) is 58.4 Å². The van der Waals surface area contributed by atoms with Crippen LogP contribution >= 0.6 is 11.3 Å². The average molecular weight is 426 g/mol. The van der Waals surface area contributed by atoms with E-state index in [0.29, 0.717) is 12.5 Å². The summed E-state index contributed by atoms with van der Waals surface area (Å²) in [4.78, 5) is 27.8. The number of aryl methyl sites for hydroxylation is 2. The third kappa shape index (κ3) is 3.74. The Morgan fingerprint density at radius 1 is 1.23 bits per heavy atom. The van der Waals surface area contributed by atoms with Crippen molar-refractivity contribution in [1.82, 2.24) is 24.6 Å². The van der Waals surface area contributed by atoms with Crippen molar-refractivity contribution in [1.29, 1.82) is 0 Å². The van der Waals surface area contributed by atoms with Crippen LogP contribution in [0.1, 0.15) is 60.0 Å². The Morgan fingerprint density at radius 2 is 2.07 bits per heavy atom. The lowest BCUT2D eigenvalue weighted by Crippen LogP contribution is -2.37. The molecule has 0 spiro atoms. The summed E-state index contributed by atoms with van der Waals surface area (Å²) in [5.41, 5.74) is 4.34. The molecule has 3 aromatic heterocycles. The number of pyridine rings is 1. The van der Waals surface area contributed by atoms with Gasteiger partial charge in [0.15, 0.2) is 5.65 Å². The van der Waals surface area contributed by atoms with Gasteiger partial charge >= 0.3 is 0 Å². The maximum absolute atomic E-state index is 13.2. The van der Waals surface area contributed by atoms with Gasteiger partial charge in [-0.05, 0) is 63.0 Å². The smallest absolute Gasteiger partial charge is 0.249 e. The molecule has 0 radical (unpaired) electrons. The van der Waals surface area contributed by atoms with Crippen molar-refractivity contribution >= 4 is 22.9 Å². The topological polar surface area (TPSA) is 72.6 Å². The Morgan fingerprint density at radius 3 is 2.83 bits per heavy atom. The number of aromatic nitrogens is 4. The molecule has 0 N–H and O–H groups in total. The first-order chi connectivity index (χ1) is 14.6. The van der Waals surface area contributed by atoms with Gasteiger partial charge in [-0.15, -0.1) is 11.3 Å². The summed E-state index contributed by atoms with van der Waals surface area (Å²) in [6.07, 6.45) is 9.54. The maximum atomic E-state index is 13.2. The molecule has 7 nitrogen and oxygen atoms in total. The molecule has 1 aliphatic carbocycles. The molecule has 1 atom stereocenters. The van der Waals surface area contributed by atoms with Gasteiger partial charge < -0.3 is 0 Å². The highest BCUT2D eigenvalue weighted by Crippen LogP contribution is 2.37. The van der Waals surface area contributed by atoms with E-state index in [-0.39, 0.29) is 17.9 Å². The molecule has 30 heavy (non-hydrogen) atoms. The average Bonchev–Trinajstić information content (AvgIpc) is 3.48. The fraction of sp³-hybridized carbons (Fsp3) is 0.545. The minimum Gasteiger partial charge on any atom is -0.272 e. The van der Waals surface area contributed by atoms with Crippen molar-refractivity contribution < 1.29 is 9.63 Å². The number of amides is 1. The zero-order chi connectivity index (χ0) is 20.7. The summed E-state index contributed by atoms with van der Waals surface area (Å²) in [6.45, 7) is 4.67. The molecule has 2 fully saturated rings.